The molecule has 600 valence electrons. The monoisotopic (exact) mass is 1620 g/mol. The average Bonchev–Trinajstić information content (AvgIpc) is 1.52. The molecule has 0 aromatic heterocycles. The molecule has 0 N–H and O–H groups in total. The van der Waals surface area contributed by atoms with Crippen LogP contribution in [0.2, 0.25) is 0 Å². The van der Waals surface area contributed by atoms with Gasteiger partial charge in [0.2, 0.25) is 0 Å². The van der Waals surface area contributed by atoms with Gasteiger partial charge in [0.25, 0.3) is 0 Å². The second-order valence-electron chi connectivity index (χ2n) is 33.9. The molecule has 22 rings (SSSR count). The van der Waals surface area contributed by atoms with Crippen molar-refractivity contribution in [2.75, 3.05) is 0 Å². The molecule has 0 amide bonds. The van der Waals surface area contributed by atoms with Crippen LogP contribution in [0.3, 0.4) is 0 Å². The predicted octanol–water partition coefficient (Wildman–Crippen LogP) is 34.7. The van der Waals surface area contributed by atoms with Crippen LogP contribution >= 0.6 is 0 Å². The van der Waals surface area contributed by atoms with Crippen LogP contribution in [0.4, 0.5) is 0 Å². The summed E-state index contributed by atoms with van der Waals surface area (Å²) in [5, 5.41) is 0. The number of rotatable bonds is 19. The number of hydrogen-bond acceptors (Lipinski definition) is 0. The molecule has 0 bridgehead atoms. The Balaban J connectivity index is 0.821. The molecule has 21 aromatic rings. The molecular weight excluding hydrogens is 1540 g/mol. The third kappa shape index (κ3) is 15.2. The molecule has 0 fully saturated rings. The normalized spacial score (nSPS) is 11.9. The van der Waals surface area contributed by atoms with E-state index in [0.29, 0.717) is 0 Å². The van der Waals surface area contributed by atoms with Gasteiger partial charge in [-0.2, -0.15) is 0 Å². The van der Waals surface area contributed by atoms with Crippen LogP contribution in [0.15, 0.2) is 516 Å². The molecule has 0 heterocycles. The lowest BCUT2D eigenvalue weighted by Crippen LogP contribution is -2.29. The van der Waals surface area contributed by atoms with Crippen LogP contribution < -0.4 is 0 Å². The van der Waals surface area contributed by atoms with Gasteiger partial charge in [-0.1, -0.05) is 382 Å². The van der Waals surface area contributed by atoms with Crippen LogP contribution in [0, 0.1) is 6.92 Å². The quantitative estimate of drug-likeness (QED) is 0.0757. The van der Waals surface area contributed by atoms with E-state index in [4.69, 9.17) is 0 Å². The van der Waals surface area contributed by atoms with E-state index in [-0.39, 0.29) is 0 Å². The highest BCUT2D eigenvalue weighted by atomic mass is 14.5. The van der Waals surface area contributed by atoms with Gasteiger partial charge in [-0.3, -0.25) is 0 Å². The van der Waals surface area contributed by atoms with Gasteiger partial charge in [0.1, 0.15) is 0 Å². The van der Waals surface area contributed by atoms with Crippen LogP contribution in [0.5, 0.6) is 0 Å². The fourth-order valence-corrected chi connectivity index (χ4v) is 19.6. The standard InChI is InChI=1S/C128H88/c1-87-35-26-27-60-122(87)123-62-34-64-126-127(123)124-61-28-29-63-125(124)128(126,120-83-116(100-56-30-52-96(65-100)112-73-104(88-36-10-2-11-37-88)69-105(74-112)89-38-12-3-13-39-89)81-117(84-120)101-57-31-53-97(66-101)113-75-106(90-40-14-4-15-41-90)70-107(76-113)91-42-16-5-17-43-91)121-85-118(102-58-32-54-98(67-102)114-77-108(92-44-18-6-19-45-92)71-109(78-114)93-46-20-7-21-47-93)82-119(86-121)103-59-33-55-99(68-103)115-79-110(94-48-22-8-23-49-94)72-111(80-115)95-50-24-9-25-51-95/h2-86H,1H3. The average molecular weight is 1630 g/mol. The molecule has 1 aliphatic rings. The van der Waals surface area contributed by atoms with Crippen LogP contribution in [0.1, 0.15) is 27.8 Å². The predicted molar refractivity (Wildman–Crippen MR) is 541 cm³/mol. The van der Waals surface area contributed by atoms with E-state index in [2.05, 4.69) is 523 Å². The highest BCUT2D eigenvalue weighted by Gasteiger charge is 2.48. The second-order valence-corrected chi connectivity index (χ2v) is 33.9. The maximum Gasteiger partial charge on any atom is 0.0714 e. The minimum Gasteiger partial charge on any atom is -0.0622 e. The summed E-state index contributed by atoms with van der Waals surface area (Å²) >= 11 is 0. The third-order valence-electron chi connectivity index (χ3n) is 25.9. The molecule has 0 atom stereocenters. The van der Waals surface area contributed by atoms with Crippen molar-refractivity contribution in [3.05, 3.63) is 543 Å². The van der Waals surface area contributed by atoms with E-state index in [9.17, 15) is 0 Å². The van der Waals surface area contributed by atoms with Crippen molar-refractivity contribution in [1.29, 1.82) is 0 Å². The van der Waals surface area contributed by atoms with Crippen molar-refractivity contribution in [2.24, 2.45) is 0 Å². The molecule has 128 heavy (non-hydrogen) atoms. The Bertz CT molecular complexity index is 6680. The first-order chi connectivity index (χ1) is 63.3. The van der Waals surface area contributed by atoms with E-state index in [0.717, 1.165) is 145 Å². The van der Waals surface area contributed by atoms with Crippen molar-refractivity contribution in [3.63, 3.8) is 0 Å². The van der Waals surface area contributed by atoms with Gasteiger partial charge in [-0.25, -0.2) is 0 Å². The number of benzene rings is 21. The Kier molecular flexibility index (Phi) is 20.7. The van der Waals surface area contributed by atoms with Crippen LogP contribution in [0.25, 0.3) is 200 Å². The van der Waals surface area contributed by atoms with Gasteiger partial charge in [-0.15, -0.1) is 0 Å². The highest BCUT2D eigenvalue weighted by molar-refractivity contribution is 5.99. The topological polar surface area (TPSA) is 0 Å². The Morgan fingerprint density at radius 1 is 0.117 bits per heavy atom. The first kappa shape index (κ1) is 77.7. The molecule has 21 aromatic carbocycles. The van der Waals surface area contributed by atoms with Gasteiger partial charge < -0.3 is 0 Å². The Hall–Kier alpha value is -16.4. The fraction of sp³-hybridized carbons (Fsp3) is 0.0156. The summed E-state index contributed by atoms with van der Waals surface area (Å²) in [7, 11) is 0. The number of aryl methyl sites for hydroxylation is 1. The van der Waals surface area contributed by atoms with Gasteiger partial charge in [0.15, 0.2) is 0 Å². The summed E-state index contributed by atoms with van der Waals surface area (Å²) in [5.41, 5.74) is 46.3. The van der Waals surface area contributed by atoms with E-state index in [1.54, 1.807) is 0 Å². The van der Waals surface area contributed by atoms with Crippen molar-refractivity contribution in [3.8, 4) is 200 Å². The second kappa shape index (κ2) is 34.0. The summed E-state index contributed by atoms with van der Waals surface area (Å²) in [6, 6.07) is 193. The molecule has 1 aliphatic carbocycles. The van der Waals surface area contributed by atoms with Gasteiger partial charge in [-0.05, 0) is 368 Å². The van der Waals surface area contributed by atoms with Crippen LogP contribution in [-0.2, 0) is 5.41 Å². The van der Waals surface area contributed by atoms with E-state index in [1.165, 1.54) is 83.5 Å². The molecule has 0 saturated heterocycles. The summed E-state index contributed by atoms with van der Waals surface area (Å²) in [5.74, 6) is 0. The van der Waals surface area contributed by atoms with E-state index in [1.807, 2.05) is 0 Å². The number of fused-ring (bicyclic) bond motifs is 3. The lowest BCUT2D eigenvalue weighted by atomic mass is 9.66. The van der Waals surface area contributed by atoms with Gasteiger partial charge in [0, 0.05) is 0 Å². The SMILES string of the molecule is Cc1ccccc1-c1cccc2c1-c1ccccc1C2(c1cc(-c2cccc(-c3cc(-c4ccccc4)cc(-c4ccccc4)c3)c2)cc(-c2cccc(-c3cc(-c4ccccc4)cc(-c4ccccc4)c3)c2)c1)c1cc(-c2cccc(-c3cc(-c4ccccc4)cc(-c4ccccc4)c3)c2)cc(-c2cccc(-c3cc(-c4ccccc4)cc(-c4ccccc4)c3)c2)c1. The summed E-state index contributed by atoms with van der Waals surface area (Å²) in [6.45, 7) is 2.26. The third-order valence-corrected chi connectivity index (χ3v) is 25.9. The smallest absolute Gasteiger partial charge is 0.0622 e. The Morgan fingerprint density at radius 2 is 0.281 bits per heavy atom. The van der Waals surface area contributed by atoms with Crippen molar-refractivity contribution >= 4 is 0 Å². The molecule has 0 nitrogen and oxygen atoms in total. The van der Waals surface area contributed by atoms with Crippen molar-refractivity contribution in [1.82, 2.24) is 0 Å². The first-order valence-electron chi connectivity index (χ1n) is 44.4. The van der Waals surface area contributed by atoms with Gasteiger partial charge in [0.05, 0.1) is 5.41 Å². The zero-order valence-electron chi connectivity index (χ0n) is 71.1. The summed E-state index contributed by atoms with van der Waals surface area (Å²) < 4.78 is 0. The van der Waals surface area contributed by atoms with E-state index >= 15 is 0 Å². The minimum atomic E-state index is -1.00. The first-order valence-corrected chi connectivity index (χ1v) is 44.4. The largest absolute Gasteiger partial charge is 0.0714 e. The van der Waals surface area contributed by atoms with E-state index < -0.39 is 5.41 Å². The fourth-order valence-electron chi connectivity index (χ4n) is 19.6. The molecular formula is C128H88. The van der Waals surface area contributed by atoms with Crippen molar-refractivity contribution < 1.29 is 0 Å². The summed E-state index contributed by atoms with van der Waals surface area (Å²) in [4.78, 5) is 0. The zero-order valence-corrected chi connectivity index (χ0v) is 71.1. The molecule has 0 spiro atoms. The molecule has 0 saturated carbocycles. The highest BCUT2D eigenvalue weighted by Crippen LogP contribution is 2.61. The Morgan fingerprint density at radius 3 is 0.523 bits per heavy atom. The maximum absolute atomic E-state index is 2.56. The maximum atomic E-state index is 2.56. The minimum absolute atomic E-state index is 1.00. The Labute approximate surface area is 750 Å². The molecule has 0 heteroatoms. The molecule has 0 unspecified atom stereocenters. The van der Waals surface area contributed by atoms with Crippen LogP contribution in [-0.4, -0.2) is 0 Å². The summed E-state index contributed by atoms with van der Waals surface area (Å²) in [6.07, 6.45) is 0. The number of hydrogen-bond donors (Lipinski definition) is 0. The molecule has 0 radical (unpaired) electrons. The van der Waals surface area contributed by atoms with Gasteiger partial charge >= 0.3 is 0 Å². The molecule has 0 aliphatic heterocycles. The zero-order chi connectivity index (χ0) is 85.3. The lowest BCUT2D eigenvalue weighted by Gasteiger charge is -2.35. The lowest BCUT2D eigenvalue weighted by molar-refractivity contribution is 0.770. The van der Waals surface area contributed by atoms with Crippen molar-refractivity contribution in [2.45, 2.75) is 12.3 Å².